The van der Waals surface area contributed by atoms with E-state index in [0.717, 1.165) is 17.8 Å². The Hall–Kier alpha value is -1.07. The van der Waals surface area contributed by atoms with Gasteiger partial charge in [-0.2, -0.15) is 0 Å². The van der Waals surface area contributed by atoms with Crippen LogP contribution in [0.1, 0.15) is 5.69 Å². The van der Waals surface area contributed by atoms with Crippen molar-refractivity contribution in [2.24, 2.45) is 0 Å². The number of hydrogen-bond donors (Lipinski definition) is 1. The lowest BCUT2D eigenvalue weighted by Gasteiger charge is -2.05. The molecule has 2 aromatic rings. The fourth-order valence-electron chi connectivity index (χ4n) is 1.67. The minimum Gasteiger partial charge on any atom is -0.443 e. The monoisotopic (exact) mass is 300 g/mol. The van der Waals surface area contributed by atoms with Crippen LogP contribution in [0.15, 0.2) is 29.0 Å². The van der Waals surface area contributed by atoms with E-state index in [1.807, 2.05) is 6.07 Å². The summed E-state index contributed by atoms with van der Waals surface area (Å²) in [5.74, 6) is 0.659. The van der Waals surface area contributed by atoms with E-state index in [-0.39, 0.29) is 0 Å². The Bertz CT molecular complexity index is 543. The first-order valence-corrected chi connectivity index (χ1v) is 6.55. The maximum absolute atomic E-state index is 6.16. The van der Waals surface area contributed by atoms with E-state index in [1.54, 1.807) is 19.2 Å². The molecule has 2 rings (SSSR count). The predicted molar refractivity (Wildman–Crippen MR) is 75.5 cm³/mol. The van der Waals surface area contributed by atoms with Gasteiger partial charge in [0, 0.05) is 30.8 Å². The lowest BCUT2D eigenvalue weighted by molar-refractivity contribution is 0.199. The normalized spacial score (nSPS) is 10.9. The Morgan fingerprint density at radius 2 is 2.21 bits per heavy atom. The predicted octanol–water partition coefficient (Wildman–Crippen LogP) is 3.38. The van der Waals surface area contributed by atoms with Crippen molar-refractivity contribution >= 4 is 23.2 Å². The summed E-state index contributed by atoms with van der Waals surface area (Å²) < 4.78 is 10.4. The molecule has 0 aliphatic rings. The summed E-state index contributed by atoms with van der Waals surface area (Å²) in [4.78, 5) is 4.19. The second kappa shape index (κ2) is 6.91. The van der Waals surface area contributed by atoms with E-state index < -0.39 is 0 Å². The number of aromatic nitrogens is 1. The first-order chi connectivity index (χ1) is 9.22. The number of ether oxygens (including phenoxy) is 1. The van der Waals surface area contributed by atoms with Crippen molar-refractivity contribution in [3.63, 3.8) is 0 Å². The van der Waals surface area contributed by atoms with Crippen molar-refractivity contribution in [3.8, 4) is 11.3 Å². The summed E-state index contributed by atoms with van der Waals surface area (Å²) in [6.07, 6.45) is 1.41. The van der Waals surface area contributed by atoms with Crippen molar-refractivity contribution < 1.29 is 9.15 Å². The molecule has 0 bridgehead atoms. The van der Waals surface area contributed by atoms with Gasteiger partial charge in [-0.25, -0.2) is 4.98 Å². The topological polar surface area (TPSA) is 47.3 Å². The maximum atomic E-state index is 6.16. The molecule has 6 heteroatoms. The molecule has 1 aromatic carbocycles. The van der Waals surface area contributed by atoms with Crippen LogP contribution < -0.4 is 5.32 Å². The van der Waals surface area contributed by atoms with E-state index in [0.29, 0.717) is 29.0 Å². The van der Waals surface area contributed by atoms with Crippen LogP contribution in [0.5, 0.6) is 0 Å². The Morgan fingerprint density at radius 3 is 2.95 bits per heavy atom. The van der Waals surface area contributed by atoms with E-state index in [4.69, 9.17) is 32.4 Å². The Morgan fingerprint density at radius 1 is 1.37 bits per heavy atom. The van der Waals surface area contributed by atoms with Gasteiger partial charge in [0.25, 0.3) is 0 Å². The molecule has 0 saturated carbocycles. The second-order valence-electron chi connectivity index (χ2n) is 3.92. The highest BCUT2D eigenvalue weighted by Gasteiger charge is 2.13. The molecule has 102 valence electrons. The number of methoxy groups -OCH3 is 1. The largest absolute Gasteiger partial charge is 0.443 e. The van der Waals surface area contributed by atoms with Crippen LogP contribution in [-0.2, 0) is 11.3 Å². The Kier molecular flexibility index (Phi) is 5.22. The zero-order valence-corrected chi connectivity index (χ0v) is 12.0. The van der Waals surface area contributed by atoms with Crippen LogP contribution >= 0.6 is 23.2 Å². The van der Waals surface area contributed by atoms with Crippen LogP contribution in [0.3, 0.4) is 0 Å². The van der Waals surface area contributed by atoms with E-state index in [1.165, 1.54) is 6.39 Å². The first kappa shape index (κ1) is 14.3. The summed E-state index contributed by atoms with van der Waals surface area (Å²) in [5, 5.41) is 4.35. The van der Waals surface area contributed by atoms with Crippen LogP contribution in [0.2, 0.25) is 10.0 Å². The molecule has 1 heterocycles. The molecule has 0 atom stereocenters. The molecule has 19 heavy (non-hydrogen) atoms. The molecular formula is C13H14Cl2N2O2. The minimum absolute atomic E-state index is 0.544. The van der Waals surface area contributed by atoms with Gasteiger partial charge in [-0.15, -0.1) is 0 Å². The summed E-state index contributed by atoms with van der Waals surface area (Å²) in [5.41, 5.74) is 1.59. The highest BCUT2D eigenvalue weighted by molar-refractivity contribution is 6.36. The van der Waals surface area contributed by atoms with Crippen molar-refractivity contribution in [3.05, 3.63) is 40.3 Å². The van der Waals surface area contributed by atoms with Crippen LogP contribution in [0, 0.1) is 0 Å². The smallest absolute Gasteiger partial charge is 0.181 e. The molecule has 0 radical (unpaired) electrons. The van der Waals surface area contributed by atoms with Gasteiger partial charge in [0.2, 0.25) is 0 Å². The van der Waals surface area contributed by atoms with Gasteiger partial charge >= 0.3 is 0 Å². The fourth-order valence-corrected chi connectivity index (χ4v) is 2.16. The third-order valence-electron chi connectivity index (χ3n) is 2.59. The van der Waals surface area contributed by atoms with E-state index in [9.17, 15) is 0 Å². The van der Waals surface area contributed by atoms with Gasteiger partial charge in [0.15, 0.2) is 12.2 Å². The van der Waals surface area contributed by atoms with Crippen LogP contribution in [0.25, 0.3) is 11.3 Å². The average molecular weight is 301 g/mol. The van der Waals surface area contributed by atoms with Crippen molar-refractivity contribution in [1.82, 2.24) is 10.3 Å². The highest BCUT2D eigenvalue weighted by Crippen LogP contribution is 2.32. The molecule has 0 spiro atoms. The molecule has 0 aliphatic carbocycles. The minimum atomic E-state index is 0.544. The molecule has 0 saturated heterocycles. The quantitative estimate of drug-likeness (QED) is 0.831. The molecule has 0 amide bonds. The lowest BCUT2D eigenvalue weighted by atomic mass is 10.1. The van der Waals surface area contributed by atoms with Gasteiger partial charge in [0.1, 0.15) is 5.69 Å². The van der Waals surface area contributed by atoms with E-state index >= 15 is 0 Å². The van der Waals surface area contributed by atoms with Crippen molar-refractivity contribution in [2.45, 2.75) is 6.54 Å². The average Bonchev–Trinajstić information content (AvgIpc) is 2.83. The highest BCUT2D eigenvalue weighted by atomic mass is 35.5. The third kappa shape index (κ3) is 3.70. The summed E-state index contributed by atoms with van der Waals surface area (Å²) in [7, 11) is 1.66. The molecule has 1 aromatic heterocycles. The second-order valence-corrected chi connectivity index (χ2v) is 4.77. The third-order valence-corrected chi connectivity index (χ3v) is 3.14. The number of benzene rings is 1. The lowest BCUT2D eigenvalue weighted by Crippen LogP contribution is -2.19. The first-order valence-electron chi connectivity index (χ1n) is 5.80. The van der Waals surface area contributed by atoms with Crippen LogP contribution in [-0.4, -0.2) is 25.2 Å². The fraction of sp³-hybridized carbons (Fsp3) is 0.308. The van der Waals surface area contributed by atoms with E-state index in [2.05, 4.69) is 10.3 Å². The van der Waals surface area contributed by atoms with Gasteiger partial charge < -0.3 is 14.5 Å². The van der Waals surface area contributed by atoms with Gasteiger partial charge in [-0.1, -0.05) is 23.2 Å². The zero-order chi connectivity index (χ0) is 13.7. The molecule has 4 nitrogen and oxygen atoms in total. The van der Waals surface area contributed by atoms with Crippen molar-refractivity contribution in [1.29, 1.82) is 0 Å². The van der Waals surface area contributed by atoms with Crippen LogP contribution in [0.4, 0.5) is 0 Å². The van der Waals surface area contributed by atoms with Gasteiger partial charge in [-0.05, 0) is 18.2 Å². The maximum Gasteiger partial charge on any atom is 0.181 e. The van der Waals surface area contributed by atoms with Crippen molar-refractivity contribution in [2.75, 3.05) is 20.3 Å². The Balaban J connectivity index is 2.14. The van der Waals surface area contributed by atoms with Gasteiger partial charge in [-0.3, -0.25) is 0 Å². The SMILES string of the molecule is COCCNCc1ncoc1-c1ccc(Cl)cc1Cl. The molecule has 0 unspecified atom stereocenters. The number of hydrogen-bond acceptors (Lipinski definition) is 4. The molecule has 0 fully saturated rings. The standard InChI is InChI=1S/C13H14Cl2N2O2/c1-18-5-4-16-7-12-13(19-8-17-12)10-3-2-9(14)6-11(10)15/h2-3,6,8,16H,4-5,7H2,1H3. The molecular weight excluding hydrogens is 287 g/mol. The number of nitrogens with one attached hydrogen (secondary N) is 1. The summed E-state index contributed by atoms with van der Waals surface area (Å²) in [6.45, 7) is 1.99. The Labute approximate surface area is 121 Å². The summed E-state index contributed by atoms with van der Waals surface area (Å²) >= 11 is 12.0. The number of oxazole rings is 1. The molecule has 1 N–H and O–H groups in total. The zero-order valence-electron chi connectivity index (χ0n) is 10.5. The number of rotatable bonds is 6. The summed E-state index contributed by atoms with van der Waals surface area (Å²) in [6, 6.07) is 5.28. The molecule has 0 aliphatic heterocycles. The number of nitrogens with zero attached hydrogens (tertiary/aromatic N) is 1. The van der Waals surface area contributed by atoms with Gasteiger partial charge in [0.05, 0.1) is 11.6 Å². The number of halogens is 2.